The van der Waals surface area contributed by atoms with Gasteiger partial charge in [0.25, 0.3) is 0 Å². The van der Waals surface area contributed by atoms with Crippen LogP contribution in [0.4, 0.5) is 0 Å². The Bertz CT molecular complexity index is 286. The molecule has 4 unspecified atom stereocenters. The molecule has 0 aromatic rings. The monoisotopic (exact) mass is 272 g/mol. The van der Waals surface area contributed by atoms with Crippen LogP contribution in [0.3, 0.4) is 0 Å². The molecular formula is C14H28N2O3. The second kappa shape index (κ2) is 7.82. The molecule has 0 bridgehead atoms. The molecule has 2 N–H and O–H groups in total. The van der Waals surface area contributed by atoms with E-state index in [9.17, 15) is 9.90 Å². The van der Waals surface area contributed by atoms with Gasteiger partial charge in [0.05, 0.1) is 25.4 Å². The van der Waals surface area contributed by atoms with Crippen molar-refractivity contribution in [2.75, 3.05) is 19.8 Å². The number of ether oxygens (including phenoxy) is 1. The van der Waals surface area contributed by atoms with Crippen molar-refractivity contribution in [1.82, 2.24) is 10.2 Å². The van der Waals surface area contributed by atoms with Crippen LogP contribution in [-0.4, -0.2) is 59.9 Å². The van der Waals surface area contributed by atoms with Crippen LogP contribution in [0.15, 0.2) is 0 Å². The number of carbonyl (C=O) groups is 1. The number of nitrogens with zero attached hydrogens (tertiary/aromatic N) is 1. The first-order valence-electron chi connectivity index (χ1n) is 7.28. The standard InChI is InChI=1S/C14H28N2O3/c1-5-6-10(2)15-14(18)12(4)16-7-13(8-17)19-9-11(16)3/h10-13,17H,5-9H2,1-4H3,(H,15,18). The Morgan fingerprint density at radius 3 is 2.79 bits per heavy atom. The minimum Gasteiger partial charge on any atom is -0.394 e. The normalized spacial score (nSPS) is 27.8. The molecular weight excluding hydrogens is 244 g/mol. The van der Waals surface area contributed by atoms with E-state index in [1.54, 1.807) is 0 Å². The Hall–Kier alpha value is -0.650. The Morgan fingerprint density at radius 2 is 2.21 bits per heavy atom. The molecule has 19 heavy (non-hydrogen) atoms. The van der Waals surface area contributed by atoms with Gasteiger partial charge in [-0.05, 0) is 27.2 Å². The highest BCUT2D eigenvalue weighted by Gasteiger charge is 2.32. The van der Waals surface area contributed by atoms with Gasteiger partial charge in [-0.2, -0.15) is 0 Å². The third kappa shape index (κ3) is 4.75. The van der Waals surface area contributed by atoms with E-state index in [0.717, 1.165) is 12.8 Å². The minimum atomic E-state index is -0.188. The Kier molecular flexibility index (Phi) is 6.75. The predicted molar refractivity (Wildman–Crippen MR) is 75.0 cm³/mol. The van der Waals surface area contributed by atoms with Crippen molar-refractivity contribution in [3.05, 3.63) is 0 Å². The largest absolute Gasteiger partial charge is 0.394 e. The molecule has 1 amide bonds. The van der Waals surface area contributed by atoms with Gasteiger partial charge in [0.1, 0.15) is 0 Å². The number of rotatable bonds is 6. The predicted octanol–water partition coefficient (Wildman–Crippen LogP) is 0.761. The number of morpholine rings is 1. The molecule has 1 saturated heterocycles. The van der Waals surface area contributed by atoms with Crippen LogP contribution in [0.25, 0.3) is 0 Å². The summed E-state index contributed by atoms with van der Waals surface area (Å²) < 4.78 is 5.50. The smallest absolute Gasteiger partial charge is 0.237 e. The molecule has 0 aromatic carbocycles. The van der Waals surface area contributed by atoms with E-state index < -0.39 is 0 Å². The Morgan fingerprint density at radius 1 is 1.53 bits per heavy atom. The van der Waals surface area contributed by atoms with Crippen LogP contribution in [-0.2, 0) is 9.53 Å². The van der Waals surface area contributed by atoms with E-state index in [2.05, 4.69) is 17.1 Å². The summed E-state index contributed by atoms with van der Waals surface area (Å²) in [6, 6.07) is 0.224. The summed E-state index contributed by atoms with van der Waals surface area (Å²) in [5.41, 5.74) is 0. The zero-order valence-corrected chi connectivity index (χ0v) is 12.6. The molecule has 0 spiro atoms. The summed E-state index contributed by atoms with van der Waals surface area (Å²) in [4.78, 5) is 14.3. The molecule has 5 heteroatoms. The van der Waals surface area contributed by atoms with Gasteiger partial charge in [-0.1, -0.05) is 13.3 Å². The Labute approximate surface area is 116 Å². The van der Waals surface area contributed by atoms with Crippen molar-refractivity contribution < 1.29 is 14.6 Å². The molecule has 0 aliphatic carbocycles. The molecule has 5 nitrogen and oxygen atoms in total. The molecule has 1 aliphatic rings. The number of amides is 1. The lowest BCUT2D eigenvalue weighted by Gasteiger charge is -2.40. The maximum absolute atomic E-state index is 12.2. The van der Waals surface area contributed by atoms with Crippen molar-refractivity contribution in [2.24, 2.45) is 0 Å². The van der Waals surface area contributed by atoms with Crippen LogP contribution in [0.5, 0.6) is 0 Å². The summed E-state index contributed by atoms with van der Waals surface area (Å²) in [6.45, 7) is 9.29. The Balaban J connectivity index is 2.54. The van der Waals surface area contributed by atoms with E-state index >= 15 is 0 Å². The van der Waals surface area contributed by atoms with Crippen LogP contribution in [0.2, 0.25) is 0 Å². The summed E-state index contributed by atoms with van der Waals surface area (Å²) >= 11 is 0. The lowest BCUT2D eigenvalue weighted by Crippen LogP contribution is -2.57. The zero-order chi connectivity index (χ0) is 14.4. The average molecular weight is 272 g/mol. The van der Waals surface area contributed by atoms with E-state index in [4.69, 9.17) is 4.74 Å². The first-order valence-corrected chi connectivity index (χ1v) is 7.28. The number of carbonyl (C=O) groups excluding carboxylic acids is 1. The molecule has 1 aliphatic heterocycles. The molecule has 0 saturated carbocycles. The van der Waals surface area contributed by atoms with Crippen molar-refractivity contribution in [2.45, 2.75) is 64.8 Å². The topological polar surface area (TPSA) is 61.8 Å². The zero-order valence-electron chi connectivity index (χ0n) is 12.6. The summed E-state index contributed by atoms with van der Waals surface area (Å²) in [5.74, 6) is 0.0615. The third-order valence-electron chi connectivity index (χ3n) is 3.74. The molecule has 0 radical (unpaired) electrons. The molecule has 4 atom stereocenters. The van der Waals surface area contributed by atoms with Gasteiger partial charge in [0.2, 0.25) is 5.91 Å². The van der Waals surface area contributed by atoms with Crippen LogP contribution >= 0.6 is 0 Å². The van der Waals surface area contributed by atoms with Gasteiger partial charge in [0.15, 0.2) is 0 Å². The fraction of sp³-hybridized carbons (Fsp3) is 0.929. The van der Waals surface area contributed by atoms with Gasteiger partial charge < -0.3 is 15.2 Å². The van der Waals surface area contributed by atoms with Crippen molar-refractivity contribution in [3.8, 4) is 0 Å². The molecule has 1 rings (SSSR count). The van der Waals surface area contributed by atoms with E-state index in [1.165, 1.54) is 0 Å². The fourth-order valence-corrected chi connectivity index (χ4v) is 2.51. The highest BCUT2D eigenvalue weighted by atomic mass is 16.5. The third-order valence-corrected chi connectivity index (χ3v) is 3.74. The maximum Gasteiger partial charge on any atom is 0.237 e. The van der Waals surface area contributed by atoms with Crippen molar-refractivity contribution in [3.63, 3.8) is 0 Å². The lowest BCUT2D eigenvalue weighted by atomic mass is 10.1. The number of hydrogen-bond acceptors (Lipinski definition) is 4. The van der Waals surface area contributed by atoms with Crippen molar-refractivity contribution >= 4 is 5.91 Å². The van der Waals surface area contributed by atoms with E-state index in [-0.39, 0.29) is 36.7 Å². The second-order valence-corrected chi connectivity index (χ2v) is 5.56. The molecule has 1 heterocycles. The first-order chi connectivity index (χ1) is 8.99. The van der Waals surface area contributed by atoms with Crippen LogP contribution in [0, 0.1) is 0 Å². The molecule has 0 aromatic heterocycles. The number of aliphatic hydroxyl groups excluding tert-OH is 1. The second-order valence-electron chi connectivity index (χ2n) is 5.56. The van der Waals surface area contributed by atoms with Gasteiger partial charge in [-0.25, -0.2) is 0 Å². The van der Waals surface area contributed by atoms with Gasteiger partial charge >= 0.3 is 0 Å². The van der Waals surface area contributed by atoms with Crippen LogP contribution in [0.1, 0.15) is 40.5 Å². The van der Waals surface area contributed by atoms with E-state index in [0.29, 0.717) is 13.2 Å². The average Bonchev–Trinajstić information content (AvgIpc) is 2.38. The highest BCUT2D eigenvalue weighted by molar-refractivity contribution is 5.81. The van der Waals surface area contributed by atoms with E-state index in [1.807, 2.05) is 20.8 Å². The maximum atomic E-state index is 12.2. The minimum absolute atomic E-state index is 0.00377. The number of aliphatic hydroxyl groups is 1. The SMILES string of the molecule is CCCC(C)NC(=O)C(C)N1CC(CO)OCC1C. The van der Waals surface area contributed by atoms with Gasteiger partial charge in [-0.15, -0.1) is 0 Å². The summed E-state index contributed by atoms with van der Waals surface area (Å²) in [5, 5.41) is 12.2. The molecule has 1 fully saturated rings. The number of hydrogen-bond donors (Lipinski definition) is 2. The van der Waals surface area contributed by atoms with Gasteiger partial charge in [-0.3, -0.25) is 9.69 Å². The highest BCUT2D eigenvalue weighted by Crippen LogP contribution is 2.15. The van der Waals surface area contributed by atoms with Crippen LogP contribution < -0.4 is 5.32 Å². The summed E-state index contributed by atoms with van der Waals surface area (Å²) in [6.07, 6.45) is 1.88. The summed E-state index contributed by atoms with van der Waals surface area (Å²) in [7, 11) is 0. The van der Waals surface area contributed by atoms with Crippen molar-refractivity contribution in [1.29, 1.82) is 0 Å². The van der Waals surface area contributed by atoms with Gasteiger partial charge in [0, 0.05) is 18.6 Å². The first kappa shape index (κ1) is 16.4. The lowest BCUT2D eigenvalue weighted by molar-refractivity contribution is -0.134. The fourth-order valence-electron chi connectivity index (χ4n) is 2.51. The quantitative estimate of drug-likeness (QED) is 0.749. The molecule has 112 valence electrons. The number of nitrogens with one attached hydrogen (secondary N) is 1.